The van der Waals surface area contributed by atoms with Gasteiger partial charge >= 0.3 is 8.80 Å². The Hall–Kier alpha value is -1.03. The molecule has 0 aliphatic carbocycles. The van der Waals surface area contributed by atoms with Crippen LogP contribution in [0.15, 0.2) is 0 Å². The first kappa shape index (κ1) is 16.0. The van der Waals surface area contributed by atoms with E-state index in [2.05, 4.69) is 0 Å². The van der Waals surface area contributed by atoms with Crippen molar-refractivity contribution in [3.63, 3.8) is 0 Å². The predicted molar refractivity (Wildman–Crippen MR) is 56.4 cm³/mol. The molecule has 0 radical (unpaired) electrons. The standard InChI is InChI=1S/C10H11F5O3Si/c11-6-5(3-1-2-4-19(16,17)18)7(12)9(14)10(15)8(6)13/h16-18H,1-4H2. The van der Waals surface area contributed by atoms with Crippen LogP contribution in [-0.4, -0.2) is 23.2 Å². The van der Waals surface area contributed by atoms with E-state index in [0.29, 0.717) is 0 Å². The minimum atomic E-state index is -4.25. The lowest BCUT2D eigenvalue weighted by Crippen LogP contribution is -2.34. The topological polar surface area (TPSA) is 60.7 Å². The van der Waals surface area contributed by atoms with Crippen molar-refractivity contribution in [1.29, 1.82) is 0 Å². The molecule has 9 heteroatoms. The molecule has 0 unspecified atom stereocenters. The Morgan fingerprint density at radius 2 is 1.11 bits per heavy atom. The van der Waals surface area contributed by atoms with Gasteiger partial charge in [-0.1, -0.05) is 0 Å². The van der Waals surface area contributed by atoms with Crippen LogP contribution in [0.2, 0.25) is 6.04 Å². The lowest BCUT2D eigenvalue weighted by molar-refractivity contribution is 0.226. The molecule has 19 heavy (non-hydrogen) atoms. The van der Waals surface area contributed by atoms with Crippen LogP contribution in [0.25, 0.3) is 0 Å². The minimum Gasteiger partial charge on any atom is -0.390 e. The van der Waals surface area contributed by atoms with Gasteiger partial charge in [-0.25, -0.2) is 22.0 Å². The Bertz CT molecular complexity index is 446. The van der Waals surface area contributed by atoms with Crippen LogP contribution in [0.5, 0.6) is 0 Å². The molecule has 0 saturated carbocycles. The van der Waals surface area contributed by atoms with Crippen LogP contribution >= 0.6 is 0 Å². The van der Waals surface area contributed by atoms with Crippen LogP contribution in [-0.2, 0) is 6.42 Å². The lowest BCUT2D eigenvalue weighted by Gasteiger charge is -2.10. The van der Waals surface area contributed by atoms with Crippen molar-refractivity contribution in [3.05, 3.63) is 34.6 Å². The van der Waals surface area contributed by atoms with Gasteiger partial charge in [-0.05, 0) is 19.3 Å². The lowest BCUT2D eigenvalue weighted by atomic mass is 10.1. The molecule has 0 fully saturated rings. The molecule has 0 amide bonds. The summed E-state index contributed by atoms with van der Waals surface area (Å²) in [6, 6.07) is -0.373. The second-order valence-corrected chi connectivity index (χ2v) is 6.08. The van der Waals surface area contributed by atoms with Gasteiger partial charge in [-0.15, -0.1) is 0 Å². The van der Waals surface area contributed by atoms with Crippen LogP contribution in [0, 0.1) is 29.1 Å². The van der Waals surface area contributed by atoms with E-state index in [4.69, 9.17) is 14.4 Å². The number of unbranched alkanes of at least 4 members (excludes halogenated alkanes) is 1. The first-order valence-electron chi connectivity index (χ1n) is 5.32. The first-order valence-corrected chi connectivity index (χ1v) is 7.37. The average molecular weight is 302 g/mol. The Labute approximate surface area is 106 Å². The van der Waals surface area contributed by atoms with E-state index in [1.807, 2.05) is 0 Å². The van der Waals surface area contributed by atoms with Crippen molar-refractivity contribution in [2.75, 3.05) is 0 Å². The summed E-state index contributed by atoms with van der Waals surface area (Å²) in [6.45, 7) is 0. The third kappa shape index (κ3) is 3.96. The summed E-state index contributed by atoms with van der Waals surface area (Å²) in [5.74, 6) is -10.0. The van der Waals surface area contributed by atoms with Gasteiger partial charge in [0.05, 0.1) is 0 Å². The molecule has 0 saturated heterocycles. The molecular formula is C10H11F5O3Si. The third-order valence-electron chi connectivity index (χ3n) is 2.49. The fraction of sp³-hybridized carbons (Fsp3) is 0.400. The summed E-state index contributed by atoms with van der Waals surface area (Å²) in [6.07, 6.45) is -0.541. The van der Waals surface area contributed by atoms with Crippen molar-refractivity contribution >= 4 is 8.80 Å². The molecule has 0 aromatic heterocycles. The van der Waals surface area contributed by atoms with Gasteiger partial charge in [0.15, 0.2) is 23.3 Å². The van der Waals surface area contributed by atoms with E-state index >= 15 is 0 Å². The highest BCUT2D eigenvalue weighted by molar-refractivity contribution is 6.56. The molecule has 0 aliphatic heterocycles. The SMILES string of the molecule is O[Si](O)(O)CCCCc1c(F)c(F)c(F)c(F)c1F. The zero-order valence-corrected chi connectivity index (χ0v) is 10.6. The molecule has 1 rings (SSSR count). The molecule has 3 N–H and O–H groups in total. The summed E-state index contributed by atoms with van der Waals surface area (Å²) < 4.78 is 64.8. The van der Waals surface area contributed by atoms with E-state index in [9.17, 15) is 22.0 Å². The number of rotatable bonds is 5. The highest BCUT2D eigenvalue weighted by Crippen LogP contribution is 2.24. The number of benzene rings is 1. The molecule has 108 valence electrons. The van der Waals surface area contributed by atoms with E-state index in [1.165, 1.54) is 0 Å². The smallest absolute Gasteiger partial charge is 0.390 e. The molecule has 0 aliphatic rings. The number of halogens is 5. The van der Waals surface area contributed by atoms with Gasteiger partial charge in [0, 0.05) is 11.6 Å². The van der Waals surface area contributed by atoms with Gasteiger partial charge < -0.3 is 14.4 Å². The average Bonchev–Trinajstić information content (AvgIpc) is 2.32. The maximum Gasteiger partial charge on any atom is 0.492 e. The van der Waals surface area contributed by atoms with Crippen LogP contribution < -0.4 is 0 Å². The molecule has 0 spiro atoms. The second kappa shape index (κ2) is 5.95. The largest absolute Gasteiger partial charge is 0.492 e. The Balaban J connectivity index is 2.80. The van der Waals surface area contributed by atoms with Crippen molar-refractivity contribution < 1.29 is 36.3 Å². The maximum atomic E-state index is 13.2. The van der Waals surface area contributed by atoms with Gasteiger partial charge in [-0.3, -0.25) is 0 Å². The molecule has 0 heterocycles. The summed E-state index contributed by atoms with van der Waals surface area (Å²) in [4.78, 5) is 26.0. The van der Waals surface area contributed by atoms with Crippen molar-refractivity contribution in [1.82, 2.24) is 0 Å². The fourth-order valence-corrected chi connectivity index (χ4v) is 2.26. The van der Waals surface area contributed by atoms with Crippen LogP contribution in [0.3, 0.4) is 0 Å². The zero-order chi connectivity index (χ0) is 14.8. The summed E-state index contributed by atoms with van der Waals surface area (Å²) >= 11 is 0. The highest BCUT2D eigenvalue weighted by atomic mass is 28.4. The minimum absolute atomic E-state index is 0.0186. The number of hydrogen-bond acceptors (Lipinski definition) is 3. The van der Waals surface area contributed by atoms with E-state index < -0.39 is 49.9 Å². The molecule has 3 nitrogen and oxygen atoms in total. The summed E-state index contributed by atoms with van der Waals surface area (Å²) in [5, 5.41) is 0. The fourth-order valence-electron chi connectivity index (χ4n) is 1.53. The van der Waals surface area contributed by atoms with E-state index in [-0.39, 0.29) is 18.9 Å². The third-order valence-corrected chi connectivity index (χ3v) is 3.51. The highest BCUT2D eigenvalue weighted by Gasteiger charge is 2.27. The van der Waals surface area contributed by atoms with Crippen molar-refractivity contribution in [3.8, 4) is 0 Å². The van der Waals surface area contributed by atoms with Gasteiger partial charge in [-0.2, -0.15) is 0 Å². The quantitative estimate of drug-likeness (QED) is 0.255. The maximum absolute atomic E-state index is 13.2. The van der Waals surface area contributed by atoms with Crippen LogP contribution in [0.4, 0.5) is 22.0 Å². The first-order chi connectivity index (χ1) is 8.65. The van der Waals surface area contributed by atoms with Crippen molar-refractivity contribution in [2.45, 2.75) is 25.3 Å². The Morgan fingerprint density at radius 3 is 1.53 bits per heavy atom. The van der Waals surface area contributed by atoms with Gasteiger partial charge in [0.1, 0.15) is 0 Å². The number of hydrogen-bond donors (Lipinski definition) is 3. The van der Waals surface area contributed by atoms with Crippen LogP contribution in [0.1, 0.15) is 18.4 Å². The van der Waals surface area contributed by atoms with E-state index in [0.717, 1.165) is 0 Å². The summed E-state index contributed by atoms with van der Waals surface area (Å²) in [5.41, 5.74) is -0.947. The Morgan fingerprint density at radius 1 is 0.684 bits per heavy atom. The van der Waals surface area contributed by atoms with Crippen molar-refractivity contribution in [2.24, 2.45) is 0 Å². The molecular weight excluding hydrogens is 291 g/mol. The molecule has 0 bridgehead atoms. The van der Waals surface area contributed by atoms with Gasteiger partial charge in [0.25, 0.3) is 0 Å². The monoisotopic (exact) mass is 302 g/mol. The summed E-state index contributed by atoms with van der Waals surface area (Å²) in [7, 11) is -4.25. The van der Waals surface area contributed by atoms with E-state index in [1.54, 1.807) is 0 Å². The molecule has 0 atom stereocenters. The second-order valence-electron chi connectivity index (χ2n) is 4.03. The molecule has 1 aromatic rings. The predicted octanol–water partition coefficient (Wildman–Crippen LogP) is 1.62. The molecule has 1 aromatic carbocycles. The van der Waals surface area contributed by atoms with Gasteiger partial charge in [0.2, 0.25) is 5.82 Å². The Kier molecular flexibility index (Phi) is 5.02. The normalized spacial score (nSPS) is 12.0. The zero-order valence-electron chi connectivity index (χ0n) is 9.56.